The summed E-state index contributed by atoms with van der Waals surface area (Å²) < 4.78 is 145. The molecule has 2 aromatic carbocycles. The molecule has 2 unspecified atom stereocenters. The lowest BCUT2D eigenvalue weighted by molar-refractivity contribution is -0.0441. The quantitative estimate of drug-likeness (QED) is 0.192. The molecule has 2 atom stereocenters. The van der Waals surface area contributed by atoms with Gasteiger partial charge in [0.05, 0.1) is 16.0 Å². The van der Waals surface area contributed by atoms with Crippen LogP contribution in [-0.4, -0.2) is 45.4 Å². The highest BCUT2D eigenvalue weighted by molar-refractivity contribution is 8.05. The molecule has 0 fully saturated rings. The number of rotatable bonds is 15. The monoisotopic (exact) mass is 774 g/mol. The van der Waals surface area contributed by atoms with E-state index in [1.54, 1.807) is 69.9 Å². The summed E-state index contributed by atoms with van der Waals surface area (Å²) in [6, 6.07) is 6.58. The number of hydrogen-bond acceptors (Lipinski definition) is 8. The van der Waals surface area contributed by atoms with Gasteiger partial charge >= 0.3 is 15.5 Å². The van der Waals surface area contributed by atoms with Gasteiger partial charge in [-0.3, -0.25) is 0 Å². The number of alkyl halides is 3. The van der Waals surface area contributed by atoms with Crippen molar-refractivity contribution in [2.75, 3.05) is 6.26 Å². The van der Waals surface area contributed by atoms with Gasteiger partial charge in [-0.05, 0) is 81.7 Å². The van der Waals surface area contributed by atoms with Crippen molar-refractivity contribution in [3.8, 4) is 0 Å². The van der Waals surface area contributed by atoms with Crippen LogP contribution in [0.3, 0.4) is 0 Å². The lowest BCUT2D eigenvalue weighted by Crippen LogP contribution is -2.40. The molecule has 0 aliphatic rings. The van der Waals surface area contributed by atoms with E-state index in [4.69, 9.17) is 0 Å². The van der Waals surface area contributed by atoms with Crippen LogP contribution in [0.5, 0.6) is 0 Å². The van der Waals surface area contributed by atoms with Gasteiger partial charge in [0.25, 0.3) is 20.0 Å². The Bertz CT molecular complexity index is 1970. The number of halogens is 3. The Labute approximate surface area is 290 Å². The van der Waals surface area contributed by atoms with E-state index in [-0.39, 0.29) is 46.6 Å². The van der Waals surface area contributed by atoms with Crippen LogP contribution in [0, 0.1) is 0 Å². The third kappa shape index (κ3) is 10.5. The Morgan fingerprint density at radius 1 is 0.531 bits per heavy atom. The molecule has 0 aromatic heterocycles. The van der Waals surface area contributed by atoms with E-state index in [1.165, 1.54) is 0 Å². The van der Waals surface area contributed by atoms with Crippen LogP contribution in [0.25, 0.3) is 0 Å². The number of sulfonamides is 4. The maximum absolute atomic E-state index is 13.6. The number of benzene rings is 2. The molecule has 0 saturated carbocycles. The van der Waals surface area contributed by atoms with E-state index < -0.39 is 68.3 Å². The van der Waals surface area contributed by atoms with Crippen molar-refractivity contribution in [3.05, 3.63) is 57.6 Å². The third-order valence-corrected chi connectivity index (χ3v) is 14.8. The largest absolute Gasteiger partial charge is 0.512 e. The maximum atomic E-state index is 13.6. The van der Waals surface area contributed by atoms with E-state index in [0.29, 0.717) is 16.7 Å². The van der Waals surface area contributed by atoms with Crippen molar-refractivity contribution in [1.82, 2.24) is 8.25 Å². The minimum absolute atomic E-state index is 0.0107. The zero-order valence-corrected chi connectivity index (χ0v) is 33.0. The summed E-state index contributed by atoms with van der Waals surface area (Å²) in [5.41, 5.74) is -3.29. The first kappa shape index (κ1) is 43.1. The number of hydrogen-bond donors (Lipinski definition) is 2. The smallest absolute Gasteiger partial charge is 0.212 e. The van der Waals surface area contributed by atoms with E-state index in [2.05, 4.69) is 0 Å². The SMILES string of the molecule is CC(C)c1cc(C(C)C)c(S(=O)(=O)NS(C)(=O)=O)c(C(C)CCC(C)c2cc(C(C)C)cc(C(C)C)c2S(=O)(=O)NS(=O)(=O)C(F)(F)F)c1. The summed E-state index contributed by atoms with van der Waals surface area (Å²) in [7, 11) is -20.3. The predicted molar refractivity (Wildman–Crippen MR) is 186 cm³/mol. The molecule has 0 radical (unpaired) electrons. The average molecular weight is 775 g/mol. The van der Waals surface area contributed by atoms with Gasteiger partial charge in [-0.15, -0.1) is 4.13 Å². The normalized spacial score (nSPS) is 15.1. The summed E-state index contributed by atoms with van der Waals surface area (Å²) in [6.45, 7) is 17.9. The van der Waals surface area contributed by atoms with Crippen LogP contribution in [-0.2, 0) is 40.1 Å². The molecule has 0 aliphatic heterocycles. The van der Waals surface area contributed by atoms with Crippen LogP contribution in [0.4, 0.5) is 13.2 Å². The topological polar surface area (TPSA) is 161 Å². The first-order valence-corrected chi connectivity index (χ1v) is 22.2. The number of nitrogens with one attached hydrogen (secondary N) is 2. The second kappa shape index (κ2) is 15.3. The van der Waals surface area contributed by atoms with Crippen LogP contribution in [0.15, 0.2) is 34.1 Å². The lowest BCUT2D eigenvalue weighted by Gasteiger charge is -2.26. The van der Waals surface area contributed by atoms with Crippen molar-refractivity contribution < 1.29 is 46.8 Å². The Morgan fingerprint density at radius 3 is 1.10 bits per heavy atom. The van der Waals surface area contributed by atoms with E-state index >= 15 is 0 Å². The van der Waals surface area contributed by atoms with Crippen molar-refractivity contribution in [2.24, 2.45) is 0 Å². The lowest BCUT2D eigenvalue weighted by atomic mass is 9.83. The molecule has 0 spiro atoms. The molecule has 0 heterocycles. The van der Waals surface area contributed by atoms with Crippen molar-refractivity contribution in [1.29, 1.82) is 0 Å². The highest BCUT2D eigenvalue weighted by Gasteiger charge is 2.49. The van der Waals surface area contributed by atoms with E-state index in [1.807, 2.05) is 27.7 Å². The summed E-state index contributed by atoms with van der Waals surface area (Å²) in [5.74, 6) is -2.14. The second-order valence-electron chi connectivity index (χ2n) is 14.0. The Balaban J connectivity index is 2.80. The van der Waals surface area contributed by atoms with Gasteiger partial charge in [0.2, 0.25) is 10.0 Å². The van der Waals surface area contributed by atoms with Gasteiger partial charge in [0.1, 0.15) is 0 Å². The maximum Gasteiger partial charge on any atom is 0.512 e. The minimum Gasteiger partial charge on any atom is -0.212 e. The molecular formula is C32H49F3N2O8S4. The zero-order valence-electron chi connectivity index (χ0n) is 29.7. The Morgan fingerprint density at radius 2 is 0.837 bits per heavy atom. The fourth-order valence-electron chi connectivity index (χ4n) is 5.56. The van der Waals surface area contributed by atoms with Crippen LogP contribution >= 0.6 is 0 Å². The molecule has 10 nitrogen and oxygen atoms in total. The fraction of sp³-hybridized carbons (Fsp3) is 0.625. The van der Waals surface area contributed by atoms with Crippen LogP contribution < -0.4 is 8.25 Å². The predicted octanol–water partition coefficient (Wildman–Crippen LogP) is 7.23. The molecule has 0 bridgehead atoms. The summed E-state index contributed by atoms with van der Waals surface area (Å²) in [6.07, 6.45) is 1.19. The Kier molecular flexibility index (Phi) is 13.4. The van der Waals surface area contributed by atoms with Gasteiger partial charge in [-0.25, -0.2) is 33.7 Å². The highest BCUT2D eigenvalue weighted by atomic mass is 32.3. The van der Waals surface area contributed by atoms with Gasteiger partial charge in [-0.1, -0.05) is 97.6 Å². The van der Waals surface area contributed by atoms with Gasteiger partial charge in [-0.2, -0.15) is 13.2 Å². The first-order chi connectivity index (χ1) is 21.9. The average Bonchev–Trinajstić information content (AvgIpc) is 2.91. The summed E-state index contributed by atoms with van der Waals surface area (Å²) >= 11 is 0. The molecule has 0 amide bonds. The molecule has 0 saturated heterocycles. The van der Waals surface area contributed by atoms with Crippen molar-refractivity contribution in [3.63, 3.8) is 0 Å². The standard InChI is InChI=1S/C32H49F3N2O8S4/c1-18(2)24-14-26(20(5)6)30(47(40,41)36-46(11,38)39)28(16-24)22(9)12-13-23(10)29-17-25(19(3)4)15-27(21(7)8)31(29)48(42,43)37-49(44,45)32(33,34)35/h14-23,36-37H,12-13H2,1-11H3. The van der Waals surface area contributed by atoms with Crippen molar-refractivity contribution >= 4 is 40.1 Å². The second-order valence-corrected chi connectivity index (χ2v) is 21.1. The Hall–Kier alpha value is -2.05. The van der Waals surface area contributed by atoms with Gasteiger partial charge in [0.15, 0.2) is 0 Å². The minimum atomic E-state index is -6.27. The van der Waals surface area contributed by atoms with Crippen molar-refractivity contribution in [2.45, 2.75) is 133 Å². The molecule has 2 N–H and O–H groups in total. The molecule has 2 aromatic rings. The molecule has 280 valence electrons. The first-order valence-electron chi connectivity index (χ1n) is 15.9. The molecular weight excluding hydrogens is 726 g/mol. The van der Waals surface area contributed by atoms with E-state index in [0.717, 1.165) is 15.9 Å². The summed E-state index contributed by atoms with van der Waals surface area (Å²) in [4.78, 5) is -0.712. The zero-order chi connectivity index (χ0) is 38.2. The molecule has 17 heteroatoms. The van der Waals surface area contributed by atoms with Crippen LogP contribution in [0.1, 0.15) is 151 Å². The molecule has 49 heavy (non-hydrogen) atoms. The third-order valence-electron chi connectivity index (χ3n) is 8.33. The molecule has 0 aliphatic carbocycles. The van der Waals surface area contributed by atoms with Gasteiger partial charge in [0, 0.05) is 0 Å². The fourth-order valence-corrected chi connectivity index (χ4v) is 11.7. The summed E-state index contributed by atoms with van der Waals surface area (Å²) in [5, 5.41) is 0. The van der Waals surface area contributed by atoms with Gasteiger partial charge < -0.3 is 0 Å². The van der Waals surface area contributed by atoms with E-state index in [9.17, 15) is 46.8 Å². The van der Waals surface area contributed by atoms with Crippen LogP contribution in [0.2, 0.25) is 0 Å². The highest BCUT2D eigenvalue weighted by Crippen LogP contribution is 2.41. The molecule has 2 rings (SSSR count).